The Morgan fingerprint density at radius 2 is 2.46 bits per heavy atom. The SMILES string of the molecule is C=C(CC)Cn1ccc(CNC)n1. The summed E-state index contributed by atoms with van der Waals surface area (Å²) in [5.74, 6) is 0. The summed E-state index contributed by atoms with van der Waals surface area (Å²) in [6.07, 6.45) is 3.01. The quantitative estimate of drug-likeness (QED) is 0.695. The zero-order valence-electron chi connectivity index (χ0n) is 8.38. The minimum Gasteiger partial charge on any atom is -0.314 e. The maximum absolute atomic E-state index is 4.38. The third-order valence-electron chi connectivity index (χ3n) is 1.94. The Morgan fingerprint density at radius 3 is 3.08 bits per heavy atom. The summed E-state index contributed by atoms with van der Waals surface area (Å²) in [6, 6.07) is 2.03. The van der Waals surface area contributed by atoms with E-state index in [4.69, 9.17) is 0 Å². The van der Waals surface area contributed by atoms with Crippen LogP contribution in [0.25, 0.3) is 0 Å². The zero-order chi connectivity index (χ0) is 9.68. The van der Waals surface area contributed by atoms with Crippen molar-refractivity contribution in [3.05, 3.63) is 30.1 Å². The van der Waals surface area contributed by atoms with Crippen LogP contribution in [0.2, 0.25) is 0 Å². The van der Waals surface area contributed by atoms with Gasteiger partial charge in [-0.3, -0.25) is 4.68 Å². The van der Waals surface area contributed by atoms with Gasteiger partial charge in [0.2, 0.25) is 0 Å². The standard InChI is InChI=1S/C10H17N3/c1-4-9(2)8-13-6-5-10(12-13)7-11-3/h5-6,11H,2,4,7-8H2,1,3H3. The van der Waals surface area contributed by atoms with Crippen LogP contribution in [0.4, 0.5) is 0 Å². The summed E-state index contributed by atoms with van der Waals surface area (Å²) in [5, 5.41) is 7.45. The van der Waals surface area contributed by atoms with E-state index in [-0.39, 0.29) is 0 Å². The summed E-state index contributed by atoms with van der Waals surface area (Å²) in [5.41, 5.74) is 2.28. The van der Waals surface area contributed by atoms with Crippen LogP contribution in [0.1, 0.15) is 19.0 Å². The Kier molecular flexibility index (Phi) is 3.71. The normalized spacial score (nSPS) is 10.3. The minimum absolute atomic E-state index is 0.825. The van der Waals surface area contributed by atoms with Crippen molar-refractivity contribution in [3.63, 3.8) is 0 Å². The van der Waals surface area contributed by atoms with Crippen LogP contribution in [-0.4, -0.2) is 16.8 Å². The highest BCUT2D eigenvalue weighted by molar-refractivity contribution is 5.01. The molecule has 0 aliphatic rings. The summed E-state index contributed by atoms with van der Waals surface area (Å²) in [7, 11) is 1.92. The molecule has 0 radical (unpaired) electrons. The molecule has 0 saturated carbocycles. The predicted octanol–water partition coefficient (Wildman–Crippen LogP) is 1.57. The molecule has 0 amide bonds. The molecule has 0 unspecified atom stereocenters. The molecule has 3 heteroatoms. The minimum atomic E-state index is 0.825. The molecule has 1 heterocycles. The van der Waals surface area contributed by atoms with Gasteiger partial charge in [-0.25, -0.2) is 0 Å². The molecule has 0 bridgehead atoms. The molecule has 0 aliphatic carbocycles. The van der Waals surface area contributed by atoms with Crippen LogP contribution in [0.5, 0.6) is 0 Å². The molecule has 3 nitrogen and oxygen atoms in total. The fourth-order valence-electron chi connectivity index (χ4n) is 1.11. The average molecular weight is 179 g/mol. The lowest BCUT2D eigenvalue weighted by Crippen LogP contribution is -2.07. The van der Waals surface area contributed by atoms with E-state index in [1.54, 1.807) is 0 Å². The van der Waals surface area contributed by atoms with Gasteiger partial charge in [0.25, 0.3) is 0 Å². The van der Waals surface area contributed by atoms with E-state index in [1.165, 1.54) is 5.57 Å². The number of nitrogens with one attached hydrogen (secondary N) is 1. The van der Waals surface area contributed by atoms with Crippen molar-refractivity contribution in [2.24, 2.45) is 0 Å². The van der Waals surface area contributed by atoms with Crippen molar-refractivity contribution in [1.82, 2.24) is 15.1 Å². The highest BCUT2D eigenvalue weighted by Gasteiger charge is 1.98. The van der Waals surface area contributed by atoms with Gasteiger partial charge in [-0.05, 0) is 19.5 Å². The molecule has 0 saturated heterocycles. The van der Waals surface area contributed by atoms with Gasteiger partial charge in [0.1, 0.15) is 0 Å². The third-order valence-corrected chi connectivity index (χ3v) is 1.94. The van der Waals surface area contributed by atoms with E-state index in [9.17, 15) is 0 Å². The van der Waals surface area contributed by atoms with Crippen LogP contribution in [-0.2, 0) is 13.1 Å². The van der Waals surface area contributed by atoms with Crippen molar-refractivity contribution in [2.75, 3.05) is 7.05 Å². The number of hydrogen-bond acceptors (Lipinski definition) is 2. The van der Waals surface area contributed by atoms with Crippen molar-refractivity contribution < 1.29 is 0 Å². The monoisotopic (exact) mass is 179 g/mol. The van der Waals surface area contributed by atoms with Gasteiger partial charge in [0.15, 0.2) is 0 Å². The van der Waals surface area contributed by atoms with Gasteiger partial charge in [-0.2, -0.15) is 5.10 Å². The lowest BCUT2D eigenvalue weighted by atomic mass is 10.2. The van der Waals surface area contributed by atoms with E-state index < -0.39 is 0 Å². The van der Waals surface area contributed by atoms with Gasteiger partial charge >= 0.3 is 0 Å². The molecular weight excluding hydrogens is 162 g/mol. The summed E-state index contributed by atoms with van der Waals surface area (Å²) < 4.78 is 1.93. The van der Waals surface area contributed by atoms with E-state index in [0.717, 1.165) is 25.2 Å². The van der Waals surface area contributed by atoms with E-state index in [0.29, 0.717) is 0 Å². The fourth-order valence-corrected chi connectivity index (χ4v) is 1.11. The molecule has 1 aromatic rings. The molecule has 13 heavy (non-hydrogen) atoms. The Balaban J connectivity index is 2.53. The Morgan fingerprint density at radius 1 is 1.69 bits per heavy atom. The highest BCUT2D eigenvalue weighted by atomic mass is 15.3. The Hall–Kier alpha value is -1.09. The van der Waals surface area contributed by atoms with Crippen LogP contribution < -0.4 is 5.32 Å². The topological polar surface area (TPSA) is 29.9 Å². The first kappa shape index (κ1) is 9.99. The second-order valence-electron chi connectivity index (χ2n) is 3.14. The van der Waals surface area contributed by atoms with Crippen LogP contribution in [0, 0.1) is 0 Å². The first-order valence-corrected chi connectivity index (χ1v) is 4.59. The smallest absolute Gasteiger partial charge is 0.0762 e. The molecule has 0 fully saturated rings. The Labute approximate surface area is 79.5 Å². The van der Waals surface area contributed by atoms with Gasteiger partial charge < -0.3 is 5.32 Å². The van der Waals surface area contributed by atoms with Crippen molar-refractivity contribution in [3.8, 4) is 0 Å². The zero-order valence-corrected chi connectivity index (χ0v) is 8.38. The number of nitrogens with zero attached hydrogens (tertiary/aromatic N) is 2. The molecule has 1 aromatic heterocycles. The maximum Gasteiger partial charge on any atom is 0.0762 e. The molecule has 0 spiro atoms. The maximum atomic E-state index is 4.38. The number of rotatable bonds is 5. The lowest BCUT2D eigenvalue weighted by Gasteiger charge is -2.01. The third kappa shape index (κ3) is 3.03. The van der Waals surface area contributed by atoms with Crippen LogP contribution in [0.15, 0.2) is 24.4 Å². The van der Waals surface area contributed by atoms with Gasteiger partial charge in [-0.15, -0.1) is 0 Å². The van der Waals surface area contributed by atoms with E-state index in [2.05, 4.69) is 23.9 Å². The van der Waals surface area contributed by atoms with Crippen molar-refractivity contribution in [2.45, 2.75) is 26.4 Å². The van der Waals surface area contributed by atoms with E-state index >= 15 is 0 Å². The first-order chi connectivity index (χ1) is 6.26. The lowest BCUT2D eigenvalue weighted by molar-refractivity contribution is 0.642. The van der Waals surface area contributed by atoms with Crippen LogP contribution >= 0.6 is 0 Å². The summed E-state index contributed by atoms with van der Waals surface area (Å²) in [4.78, 5) is 0. The highest BCUT2D eigenvalue weighted by Crippen LogP contribution is 2.02. The molecule has 1 N–H and O–H groups in total. The number of aromatic nitrogens is 2. The first-order valence-electron chi connectivity index (χ1n) is 4.59. The van der Waals surface area contributed by atoms with Crippen LogP contribution in [0.3, 0.4) is 0 Å². The molecule has 0 aromatic carbocycles. The summed E-state index contributed by atoms with van der Waals surface area (Å²) in [6.45, 7) is 7.72. The molecule has 0 aliphatic heterocycles. The molecule has 72 valence electrons. The predicted molar refractivity (Wildman–Crippen MR) is 54.4 cm³/mol. The van der Waals surface area contributed by atoms with Gasteiger partial charge in [-0.1, -0.05) is 19.1 Å². The summed E-state index contributed by atoms with van der Waals surface area (Å²) >= 11 is 0. The molecule has 0 atom stereocenters. The largest absolute Gasteiger partial charge is 0.314 e. The van der Waals surface area contributed by atoms with E-state index in [1.807, 2.05) is 24.0 Å². The fraction of sp³-hybridized carbons (Fsp3) is 0.500. The Bertz CT molecular complexity index is 275. The van der Waals surface area contributed by atoms with Crippen molar-refractivity contribution in [1.29, 1.82) is 0 Å². The van der Waals surface area contributed by atoms with Crippen molar-refractivity contribution >= 4 is 0 Å². The number of allylic oxidation sites excluding steroid dienone is 1. The van der Waals surface area contributed by atoms with Gasteiger partial charge in [0.05, 0.1) is 12.2 Å². The van der Waals surface area contributed by atoms with Gasteiger partial charge in [0, 0.05) is 12.7 Å². The second-order valence-corrected chi connectivity index (χ2v) is 3.14. The second kappa shape index (κ2) is 4.82. The molecule has 1 rings (SSSR count). The average Bonchev–Trinajstić information content (AvgIpc) is 2.53. The number of hydrogen-bond donors (Lipinski definition) is 1. The molecular formula is C10H17N3.